The fourth-order valence-corrected chi connectivity index (χ4v) is 2.55. The summed E-state index contributed by atoms with van der Waals surface area (Å²) in [5, 5.41) is 13.3. The van der Waals surface area contributed by atoms with E-state index in [4.69, 9.17) is 17.1 Å². The third-order valence-corrected chi connectivity index (χ3v) is 3.76. The maximum Gasteiger partial charge on any atom is 0.142 e. The van der Waals surface area contributed by atoms with Gasteiger partial charge in [0.2, 0.25) is 0 Å². The van der Waals surface area contributed by atoms with Crippen LogP contribution < -0.4 is 10.2 Å². The molecule has 19 heavy (non-hydrogen) atoms. The molecule has 1 aromatic heterocycles. The number of nitrogens with one attached hydrogen (secondary N) is 1. The molecule has 0 bridgehead atoms. The summed E-state index contributed by atoms with van der Waals surface area (Å²) in [4.78, 5) is 5.46. The van der Waals surface area contributed by atoms with Crippen LogP contribution in [-0.2, 0) is 0 Å². The van der Waals surface area contributed by atoms with Gasteiger partial charge >= 0.3 is 0 Å². The van der Waals surface area contributed by atoms with Gasteiger partial charge in [-0.3, -0.25) is 0 Å². The highest BCUT2D eigenvalue weighted by atomic mass is 32.1. The van der Waals surface area contributed by atoms with Gasteiger partial charge in [-0.15, -0.1) is 0 Å². The van der Waals surface area contributed by atoms with E-state index >= 15 is 0 Å². The Kier molecular flexibility index (Phi) is 5.82. The number of aliphatic hydroxyl groups is 1. The third kappa shape index (κ3) is 4.93. The Hall–Kier alpha value is -0.910. The van der Waals surface area contributed by atoms with Gasteiger partial charge in [-0.2, -0.15) is 4.73 Å². The highest BCUT2D eigenvalue weighted by Gasteiger charge is 2.14. The van der Waals surface area contributed by atoms with Crippen LogP contribution in [0.2, 0.25) is 0 Å². The van der Waals surface area contributed by atoms with Crippen molar-refractivity contribution in [3.63, 3.8) is 0 Å². The molecule has 106 valence electrons. The number of hydrogen-bond acceptors (Lipinski definition) is 4. The van der Waals surface area contributed by atoms with E-state index in [2.05, 4.69) is 5.32 Å². The Morgan fingerprint density at radius 3 is 2.89 bits per heavy atom. The van der Waals surface area contributed by atoms with Crippen LogP contribution in [0, 0.1) is 4.64 Å². The van der Waals surface area contributed by atoms with Gasteiger partial charge in [-0.1, -0.05) is 37.5 Å². The van der Waals surface area contributed by atoms with Crippen molar-refractivity contribution in [3.8, 4) is 0 Å². The largest absolute Gasteiger partial charge is 0.410 e. The SMILES string of the molecule is OC(CNC1CCCCC1)COn1ccccc1=S. The minimum absolute atomic E-state index is 0.248. The lowest BCUT2D eigenvalue weighted by atomic mass is 9.95. The first-order valence-corrected chi connectivity index (χ1v) is 7.39. The summed E-state index contributed by atoms with van der Waals surface area (Å²) in [7, 11) is 0. The van der Waals surface area contributed by atoms with Gasteiger partial charge in [-0.25, -0.2) is 0 Å². The van der Waals surface area contributed by atoms with Crippen LogP contribution in [0.4, 0.5) is 0 Å². The zero-order valence-electron chi connectivity index (χ0n) is 11.1. The Labute approximate surface area is 119 Å². The molecule has 1 aliphatic carbocycles. The van der Waals surface area contributed by atoms with E-state index in [9.17, 15) is 5.11 Å². The molecule has 1 heterocycles. The molecule has 2 N–H and O–H groups in total. The maximum absolute atomic E-state index is 9.90. The molecule has 0 aliphatic heterocycles. The summed E-state index contributed by atoms with van der Waals surface area (Å²) in [6, 6.07) is 6.07. The first-order chi connectivity index (χ1) is 9.25. The Bertz CT molecular complexity index is 429. The van der Waals surface area contributed by atoms with Crippen LogP contribution in [0.25, 0.3) is 0 Å². The van der Waals surface area contributed by atoms with Crippen molar-refractivity contribution in [2.24, 2.45) is 0 Å². The number of hydrogen-bond donors (Lipinski definition) is 2. The van der Waals surface area contributed by atoms with E-state index in [0.717, 1.165) is 0 Å². The van der Waals surface area contributed by atoms with Crippen molar-refractivity contribution in [2.75, 3.05) is 13.2 Å². The number of pyridine rings is 1. The molecule has 0 aromatic carbocycles. The van der Waals surface area contributed by atoms with Crippen molar-refractivity contribution in [3.05, 3.63) is 29.0 Å². The van der Waals surface area contributed by atoms with E-state index in [0.29, 0.717) is 17.2 Å². The highest BCUT2D eigenvalue weighted by Crippen LogP contribution is 2.17. The normalized spacial score (nSPS) is 18.2. The number of aromatic nitrogens is 1. The van der Waals surface area contributed by atoms with Crippen LogP contribution in [0.1, 0.15) is 32.1 Å². The first-order valence-electron chi connectivity index (χ1n) is 6.98. The predicted molar refractivity (Wildman–Crippen MR) is 77.6 cm³/mol. The van der Waals surface area contributed by atoms with Crippen LogP contribution >= 0.6 is 12.2 Å². The molecule has 0 saturated heterocycles. The molecule has 1 fully saturated rings. The Morgan fingerprint density at radius 2 is 2.16 bits per heavy atom. The molecule has 1 aliphatic rings. The minimum Gasteiger partial charge on any atom is -0.410 e. The summed E-state index contributed by atoms with van der Waals surface area (Å²) in [5.74, 6) is 0. The van der Waals surface area contributed by atoms with Gasteiger partial charge in [0.05, 0.1) is 0 Å². The standard InChI is InChI=1S/C14H22N2O2S/c17-13(10-15-12-6-2-1-3-7-12)11-18-16-9-5-4-8-14(16)19/h4-5,8-9,12-13,15,17H,1-3,6-7,10-11H2. The van der Waals surface area contributed by atoms with Crippen molar-refractivity contribution in [1.29, 1.82) is 0 Å². The molecule has 1 atom stereocenters. The van der Waals surface area contributed by atoms with Crippen molar-refractivity contribution in [2.45, 2.75) is 44.2 Å². The lowest BCUT2D eigenvalue weighted by molar-refractivity contribution is 0.0229. The second-order valence-corrected chi connectivity index (χ2v) is 5.48. The van der Waals surface area contributed by atoms with Gasteiger partial charge in [0, 0.05) is 18.8 Å². The second-order valence-electron chi connectivity index (χ2n) is 5.06. The molecule has 0 spiro atoms. The summed E-state index contributed by atoms with van der Waals surface area (Å²) < 4.78 is 2.12. The van der Waals surface area contributed by atoms with Crippen molar-refractivity contribution in [1.82, 2.24) is 10.0 Å². The predicted octanol–water partition coefficient (Wildman–Crippen LogP) is 1.93. The van der Waals surface area contributed by atoms with E-state index in [1.165, 1.54) is 36.8 Å². The van der Waals surface area contributed by atoms with Crippen molar-refractivity contribution < 1.29 is 9.94 Å². The molecule has 4 nitrogen and oxygen atoms in total. The monoisotopic (exact) mass is 282 g/mol. The average molecular weight is 282 g/mol. The van der Waals surface area contributed by atoms with E-state index < -0.39 is 6.10 Å². The molecule has 0 radical (unpaired) electrons. The van der Waals surface area contributed by atoms with E-state index in [1.54, 1.807) is 12.3 Å². The fourth-order valence-electron chi connectivity index (χ4n) is 2.35. The number of rotatable bonds is 6. The molecule has 0 amide bonds. The minimum atomic E-state index is -0.510. The van der Waals surface area contributed by atoms with Crippen LogP contribution in [0.3, 0.4) is 0 Å². The number of nitrogens with zero attached hydrogens (tertiary/aromatic N) is 1. The van der Waals surface area contributed by atoms with Crippen LogP contribution in [-0.4, -0.2) is 35.1 Å². The quantitative estimate of drug-likeness (QED) is 0.783. The van der Waals surface area contributed by atoms with Crippen LogP contribution in [0.15, 0.2) is 24.4 Å². The van der Waals surface area contributed by atoms with Crippen molar-refractivity contribution >= 4 is 12.2 Å². The Morgan fingerprint density at radius 1 is 1.37 bits per heavy atom. The van der Waals surface area contributed by atoms with E-state index in [1.807, 2.05) is 12.1 Å². The van der Waals surface area contributed by atoms with E-state index in [-0.39, 0.29) is 6.61 Å². The molecule has 1 aromatic rings. The lowest BCUT2D eigenvalue weighted by Crippen LogP contribution is -2.39. The smallest absolute Gasteiger partial charge is 0.142 e. The maximum atomic E-state index is 9.90. The number of aliphatic hydroxyl groups excluding tert-OH is 1. The topological polar surface area (TPSA) is 46.4 Å². The van der Waals surface area contributed by atoms with Gasteiger partial charge < -0.3 is 15.3 Å². The van der Waals surface area contributed by atoms with Gasteiger partial charge in [0.25, 0.3) is 0 Å². The molecular formula is C14H22N2O2S. The average Bonchev–Trinajstić information content (AvgIpc) is 2.45. The fraction of sp³-hybridized carbons (Fsp3) is 0.643. The zero-order chi connectivity index (χ0) is 13.5. The Balaban J connectivity index is 1.68. The summed E-state index contributed by atoms with van der Waals surface area (Å²) in [6.07, 6.45) is 7.62. The lowest BCUT2D eigenvalue weighted by Gasteiger charge is -2.24. The van der Waals surface area contributed by atoms with Gasteiger partial charge in [0.15, 0.2) is 0 Å². The highest BCUT2D eigenvalue weighted by molar-refractivity contribution is 7.71. The molecule has 1 saturated carbocycles. The molecule has 5 heteroatoms. The molecule has 1 unspecified atom stereocenters. The zero-order valence-corrected chi connectivity index (χ0v) is 11.9. The summed E-state index contributed by atoms with van der Waals surface area (Å²) in [5.41, 5.74) is 0. The van der Waals surface area contributed by atoms with Gasteiger partial charge in [-0.05, 0) is 25.0 Å². The third-order valence-electron chi connectivity index (χ3n) is 3.44. The first kappa shape index (κ1) is 14.5. The van der Waals surface area contributed by atoms with Gasteiger partial charge in [0.1, 0.15) is 17.4 Å². The summed E-state index contributed by atoms with van der Waals surface area (Å²) in [6.45, 7) is 0.822. The molecule has 2 rings (SSSR count). The van der Waals surface area contributed by atoms with Crippen LogP contribution in [0.5, 0.6) is 0 Å². The second kappa shape index (κ2) is 7.62. The molecular weight excluding hydrogens is 260 g/mol. The summed E-state index contributed by atoms with van der Waals surface area (Å²) >= 11 is 5.11.